The number of rotatable bonds is 6. The zero-order valence-electron chi connectivity index (χ0n) is 15.0. The van der Waals surface area contributed by atoms with Gasteiger partial charge in [0, 0.05) is 0 Å². The van der Waals surface area contributed by atoms with Gasteiger partial charge in [-0.1, -0.05) is 23.1 Å². The number of furan rings is 1. The van der Waals surface area contributed by atoms with Crippen molar-refractivity contribution in [2.45, 2.75) is 12.1 Å². The van der Waals surface area contributed by atoms with Crippen molar-refractivity contribution in [1.29, 1.82) is 0 Å². The van der Waals surface area contributed by atoms with Gasteiger partial charge in [0.2, 0.25) is 11.1 Å². The van der Waals surface area contributed by atoms with Gasteiger partial charge in [-0.2, -0.15) is 0 Å². The Balaban J connectivity index is 1.41. The van der Waals surface area contributed by atoms with Crippen molar-refractivity contribution in [3.8, 4) is 17.1 Å². The third kappa shape index (κ3) is 3.53. The van der Waals surface area contributed by atoms with E-state index in [-0.39, 0.29) is 11.7 Å². The molecule has 0 bridgehead atoms. The highest BCUT2D eigenvalue weighted by atomic mass is 32.2. The Hall–Kier alpha value is -3.05. The Morgan fingerprint density at radius 2 is 2.25 bits per heavy atom. The van der Waals surface area contributed by atoms with E-state index in [4.69, 9.17) is 15.0 Å². The van der Waals surface area contributed by atoms with E-state index in [1.807, 2.05) is 25.1 Å². The molecule has 1 aromatic carbocycles. The van der Waals surface area contributed by atoms with Gasteiger partial charge in [-0.15, -0.1) is 10.2 Å². The monoisotopic (exact) mass is 416 g/mol. The number of aromatic nitrogens is 4. The van der Waals surface area contributed by atoms with E-state index < -0.39 is 0 Å². The minimum atomic E-state index is -0.208. The fourth-order valence-electron chi connectivity index (χ4n) is 2.55. The van der Waals surface area contributed by atoms with Gasteiger partial charge >= 0.3 is 0 Å². The van der Waals surface area contributed by atoms with Crippen LogP contribution in [0.1, 0.15) is 5.76 Å². The number of hydrogen-bond donors (Lipinski definition) is 2. The number of carbonyl (C=O) groups is 1. The normalized spacial score (nSPS) is 11.1. The molecule has 0 atom stereocenters. The molecule has 0 aliphatic carbocycles. The topological polar surface area (TPSA) is 121 Å². The molecule has 0 spiro atoms. The minimum absolute atomic E-state index is 0.124. The Kier molecular flexibility index (Phi) is 4.92. The Morgan fingerprint density at radius 1 is 1.39 bits per heavy atom. The number of nitrogen functional groups attached to an aromatic ring is 1. The maximum atomic E-state index is 12.3. The van der Waals surface area contributed by atoms with E-state index in [0.29, 0.717) is 21.9 Å². The van der Waals surface area contributed by atoms with Crippen molar-refractivity contribution in [3.05, 3.63) is 36.3 Å². The number of benzene rings is 1. The maximum Gasteiger partial charge on any atom is 0.236 e. The number of nitrogens with zero attached hydrogens (tertiary/aromatic N) is 4. The third-order valence-corrected chi connectivity index (χ3v) is 5.82. The summed E-state index contributed by atoms with van der Waals surface area (Å²) >= 11 is 2.57. The van der Waals surface area contributed by atoms with Crippen molar-refractivity contribution in [3.63, 3.8) is 0 Å². The Labute approximate surface area is 167 Å². The number of ether oxygens (including phenoxy) is 1. The maximum absolute atomic E-state index is 12.3. The average molecular weight is 416 g/mol. The highest BCUT2D eigenvalue weighted by Crippen LogP contribution is 2.29. The standard InChI is InChI=1S/C17H16N6O3S2/c1-9-11(5-6-26-9)15-21-22-17(23(15)18)27-8-14(24)20-16-19-12-4-3-10(25-2)7-13(12)28-16/h3-7H,8,18H2,1-2H3,(H,19,20,24). The molecular weight excluding hydrogens is 400 g/mol. The fraction of sp³-hybridized carbons (Fsp3) is 0.176. The van der Waals surface area contributed by atoms with E-state index in [1.54, 1.807) is 19.4 Å². The second-order valence-corrected chi connectivity index (χ2v) is 7.73. The van der Waals surface area contributed by atoms with Gasteiger partial charge in [0.05, 0.1) is 34.9 Å². The molecular formula is C17H16N6O3S2. The summed E-state index contributed by atoms with van der Waals surface area (Å²) in [6.45, 7) is 1.82. The number of amides is 1. The summed E-state index contributed by atoms with van der Waals surface area (Å²) < 4.78 is 12.8. The molecule has 0 unspecified atom stereocenters. The van der Waals surface area contributed by atoms with E-state index in [9.17, 15) is 4.79 Å². The molecule has 9 nitrogen and oxygen atoms in total. The number of hydrogen-bond acceptors (Lipinski definition) is 9. The van der Waals surface area contributed by atoms with Crippen LogP contribution in [0, 0.1) is 6.92 Å². The van der Waals surface area contributed by atoms with Gasteiger partial charge in [0.25, 0.3) is 0 Å². The van der Waals surface area contributed by atoms with Crippen LogP contribution in [-0.4, -0.2) is 38.6 Å². The molecule has 0 aliphatic rings. The third-order valence-electron chi connectivity index (χ3n) is 3.94. The van der Waals surface area contributed by atoms with Crippen LogP contribution in [0.25, 0.3) is 21.6 Å². The van der Waals surface area contributed by atoms with E-state index >= 15 is 0 Å². The predicted octanol–water partition coefficient (Wildman–Crippen LogP) is 2.91. The molecule has 0 radical (unpaired) electrons. The summed E-state index contributed by atoms with van der Waals surface area (Å²) in [4.78, 5) is 16.7. The minimum Gasteiger partial charge on any atom is -0.497 e. The molecule has 1 amide bonds. The van der Waals surface area contributed by atoms with Crippen molar-refractivity contribution < 1.29 is 13.9 Å². The second kappa shape index (κ2) is 7.52. The zero-order chi connectivity index (χ0) is 19.7. The largest absolute Gasteiger partial charge is 0.497 e. The first-order valence-electron chi connectivity index (χ1n) is 8.17. The highest BCUT2D eigenvalue weighted by molar-refractivity contribution is 7.99. The summed E-state index contributed by atoms with van der Waals surface area (Å²) in [5.41, 5.74) is 1.56. The van der Waals surface area contributed by atoms with Gasteiger partial charge in [-0.3, -0.25) is 4.79 Å². The first-order chi connectivity index (χ1) is 13.5. The average Bonchev–Trinajstić information content (AvgIpc) is 3.37. The molecule has 3 heterocycles. The Bertz CT molecular complexity index is 1150. The van der Waals surface area contributed by atoms with Crippen molar-refractivity contribution in [1.82, 2.24) is 19.9 Å². The molecule has 4 rings (SSSR count). The molecule has 0 aliphatic heterocycles. The van der Waals surface area contributed by atoms with Crippen LogP contribution >= 0.6 is 23.1 Å². The van der Waals surface area contributed by atoms with E-state index in [0.717, 1.165) is 21.5 Å². The molecule has 0 saturated carbocycles. The summed E-state index contributed by atoms with van der Waals surface area (Å²) in [5, 5.41) is 11.9. The quantitative estimate of drug-likeness (QED) is 0.363. The molecule has 0 fully saturated rings. The van der Waals surface area contributed by atoms with Crippen molar-refractivity contribution >= 4 is 44.4 Å². The van der Waals surface area contributed by atoms with Gasteiger partial charge in [0.15, 0.2) is 11.0 Å². The second-order valence-electron chi connectivity index (χ2n) is 5.76. The van der Waals surface area contributed by atoms with Crippen LogP contribution in [0.2, 0.25) is 0 Å². The van der Waals surface area contributed by atoms with Crippen LogP contribution in [-0.2, 0) is 4.79 Å². The van der Waals surface area contributed by atoms with Crippen LogP contribution < -0.4 is 15.9 Å². The molecule has 3 aromatic heterocycles. The summed E-state index contributed by atoms with van der Waals surface area (Å²) in [6, 6.07) is 7.34. The number of fused-ring (bicyclic) bond motifs is 1. The molecule has 144 valence electrons. The number of aryl methyl sites for hydroxylation is 1. The van der Waals surface area contributed by atoms with E-state index in [1.165, 1.54) is 27.8 Å². The number of thiazole rings is 1. The number of methoxy groups -OCH3 is 1. The lowest BCUT2D eigenvalue weighted by Gasteiger charge is -2.03. The van der Waals surface area contributed by atoms with Gasteiger partial charge in [-0.25, -0.2) is 9.66 Å². The summed E-state index contributed by atoms with van der Waals surface area (Å²) in [6.07, 6.45) is 1.56. The molecule has 3 N–H and O–H groups in total. The number of nitrogens with two attached hydrogens (primary N) is 1. The predicted molar refractivity (Wildman–Crippen MR) is 108 cm³/mol. The number of thioether (sulfide) groups is 1. The summed E-state index contributed by atoms with van der Waals surface area (Å²) in [7, 11) is 1.61. The lowest BCUT2D eigenvalue weighted by molar-refractivity contribution is -0.113. The number of carbonyl (C=O) groups excluding carboxylic acids is 1. The highest BCUT2D eigenvalue weighted by Gasteiger charge is 2.17. The number of anilines is 1. The van der Waals surface area contributed by atoms with Crippen molar-refractivity contribution in [2.24, 2.45) is 0 Å². The first kappa shape index (κ1) is 18.3. The molecule has 11 heteroatoms. The first-order valence-corrected chi connectivity index (χ1v) is 9.97. The SMILES string of the molecule is COc1ccc2nc(NC(=O)CSc3nnc(-c4ccoc4C)n3N)sc2c1. The van der Waals surface area contributed by atoms with Crippen molar-refractivity contribution in [2.75, 3.05) is 24.0 Å². The molecule has 28 heavy (non-hydrogen) atoms. The molecule has 4 aromatic rings. The van der Waals surface area contributed by atoms with Gasteiger partial charge in [0.1, 0.15) is 11.5 Å². The van der Waals surface area contributed by atoms with Crippen LogP contribution in [0.5, 0.6) is 5.75 Å². The van der Waals surface area contributed by atoms with Gasteiger partial charge < -0.3 is 20.3 Å². The Morgan fingerprint density at radius 3 is 3.00 bits per heavy atom. The number of nitrogens with one attached hydrogen (secondary N) is 1. The van der Waals surface area contributed by atoms with Crippen LogP contribution in [0.3, 0.4) is 0 Å². The summed E-state index contributed by atoms with van der Waals surface area (Å²) in [5.74, 6) is 7.89. The van der Waals surface area contributed by atoms with E-state index in [2.05, 4.69) is 20.5 Å². The lowest BCUT2D eigenvalue weighted by Crippen LogP contribution is -2.16. The molecule has 0 saturated heterocycles. The van der Waals surface area contributed by atoms with Crippen LogP contribution in [0.4, 0.5) is 5.13 Å². The lowest BCUT2D eigenvalue weighted by atomic mass is 10.2. The van der Waals surface area contributed by atoms with Crippen LogP contribution in [0.15, 0.2) is 40.1 Å². The van der Waals surface area contributed by atoms with Gasteiger partial charge in [-0.05, 0) is 31.2 Å². The smallest absolute Gasteiger partial charge is 0.236 e. The fourth-order valence-corrected chi connectivity index (χ4v) is 4.11. The zero-order valence-corrected chi connectivity index (χ0v) is 16.6.